The maximum absolute atomic E-state index is 13.8. The first-order valence-electron chi connectivity index (χ1n) is 8.46. The normalized spacial score (nSPS) is 13.4. The molecule has 0 fully saturated rings. The van der Waals surface area contributed by atoms with E-state index in [4.69, 9.17) is 11.6 Å². The van der Waals surface area contributed by atoms with Crippen LogP contribution in [0.25, 0.3) is 0 Å². The van der Waals surface area contributed by atoms with Crippen molar-refractivity contribution in [2.75, 3.05) is 27.2 Å². The number of nitrogens with zero attached hydrogens (tertiary/aromatic N) is 1. The van der Waals surface area contributed by atoms with Gasteiger partial charge in [-0.1, -0.05) is 24.6 Å². The van der Waals surface area contributed by atoms with E-state index in [-0.39, 0.29) is 16.5 Å². The maximum Gasteiger partial charge on any atom is 0.323 e. The van der Waals surface area contributed by atoms with Crippen LogP contribution in [0.1, 0.15) is 18.9 Å². The number of halogens is 2. The Bertz CT molecular complexity index is 982. The summed E-state index contributed by atoms with van der Waals surface area (Å²) in [7, 11) is -3.38. The van der Waals surface area contributed by atoms with E-state index in [9.17, 15) is 17.6 Å². The van der Waals surface area contributed by atoms with E-state index in [0.29, 0.717) is 30.8 Å². The van der Waals surface area contributed by atoms with Gasteiger partial charge in [-0.05, 0) is 48.7 Å². The second kappa shape index (κ2) is 7.74. The van der Waals surface area contributed by atoms with Crippen LogP contribution >= 0.6 is 11.6 Å². The molecule has 0 radical (unpaired) electrons. The van der Waals surface area contributed by atoms with E-state index in [0.717, 1.165) is 11.6 Å². The van der Waals surface area contributed by atoms with Crippen LogP contribution < -0.4 is 14.9 Å². The summed E-state index contributed by atoms with van der Waals surface area (Å²) >= 11 is 5.69. The molecule has 0 spiro atoms. The van der Waals surface area contributed by atoms with Gasteiger partial charge in [-0.2, -0.15) is 0 Å². The zero-order valence-corrected chi connectivity index (χ0v) is 16.2. The number of anilines is 3. The van der Waals surface area contributed by atoms with Crippen molar-refractivity contribution in [3.8, 4) is 0 Å². The number of carbonyl (C=O) groups excluding carboxylic acids is 1. The predicted molar refractivity (Wildman–Crippen MR) is 106 cm³/mol. The third kappa shape index (κ3) is 4.33. The molecular formula is C18H19ClFN3O3S. The van der Waals surface area contributed by atoms with Crippen LogP contribution in [-0.4, -0.2) is 26.7 Å². The van der Waals surface area contributed by atoms with E-state index < -0.39 is 21.9 Å². The quantitative estimate of drug-likeness (QED) is 0.772. The highest BCUT2D eigenvalue weighted by molar-refractivity contribution is 7.92. The Labute approximate surface area is 162 Å². The summed E-state index contributed by atoms with van der Waals surface area (Å²) in [6.45, 7) is 2.20. The van der Waals surface area contributed by atoms with Gasteiger partial charge in [0.2, 0.25) is 10.0 Å². The summed E-state index contributed by atoms with van der Waals surface area (Å²) in [5.41, 5.74) is 1.88. The lowest BCUT2D eigenvalue weighted by Crippen LogP contribution is -2.31. The number of hydrogen-bond acceptors (Lipinski definition) is 3. The SMILES string of the molecule is CCCS(=O)(=O)N1CCc2ccc(NC(=O)Nc3ccc(Cl)cc3F)cc21. The lowest BCUT2D eigenvalue weighted by Gasteiger charge is -2.19. The Balaban J connectivity index is 1.76. The lowest BCUT2D eigenvalue weighted by molar-refractivity contribution is 0.262. The number of hydrogen-bond donors (Lipinski definition) is 2. The fraction of sp³-hybridized carbons (Fsp3) is 0.278. The van der Waals surface area contributed by atoms with Gasteiger partial charge in [0.05, 0.1) is 17.1 Å². The Morgan fingerprint density at radius 2 is 2.00 bits per heavy atom. The summed E-state index contributed by atoms with van der Waals surface area (Å²) < 4.78 is 40.0. The number of rotatable bonds is 5. The zero-order chi connectivity index (χ0) is 19.6. The first-order valence-corrected chi connectivity index (χ1v) is 10.5. The number of urea groups is 1. The summed E-state index contributed by atoms with van der Waals surface area (Å²) in [4.78, 5) is 12.1. The number of fused-ring (bicyclic) bond motifs is 1. The molecule has 3 rings (SSSR count). The molecule has 0 saturated carbocycles. The van der Waals surface area contributed by atoms with Crippen LogP contribution in [0.4, 0.5) is 26.2 Å². The van der Waals surface area contributed by atoms with Crippen LogP contribution in [0.2, 0.25) is 5.02 Å². The molecule has 9 heteroatoms. The highest BCUT2D eigenvalue weighted by atomic mass is 35.5. The van der Waals surface area contributed by atoms with Crippen molar-refractivity contribution >= 4 is 44.7 Å². The standard InChI is InChI=1S/C18H19ClFN3O3S/c1-2-9-27(25,26)23-8-7-12-3-5-14(11-17(12)23)21-18(24)22-16-6-4-13(19)10-15(16)20/h3-6,10-11H,2,7-9H2,1H3,(H2,21,22,24). The molecular weight excluding hydrogens is 393 g/mol. The molecule has 0 aliphatic carbocycles. The van der Waals surface area contributed by atoms with Gasteiger partial charge in [0.1, 0.15) is 5.82 Å². The second-order valence-corrected chi connectivity index (χ2v) is 8.63. The molecule has 2 amide bonds. The fourth-order valence-electron chi connectivity index (χ4n) is 2.96. The minimum atomic E-state index is -3.38. The molecule has 1 aliphatic heterocycles. The van der Waals surface area contributed by atoms with Crippen molar-refractivity contribution in [3.05, 3.63) is 52.8 Å². The van der Waals surface area contributed by atoms with Gasteiger partial charge in [-0.3, -0.25) is 4.31 Å². The molecule has 0 unspecified atom stereocenters. The zero-order valence-electron chi connectivity index (χ0n) is 14.6. The van der Waals surface area contributed by atoms with Crippen molar-refractivity contribution in [3.63, 3.8) is 0 Å². The maximum atomic E-state index is 13.8. The molecule has 0 atom stereocenters. The molecule has 0 bridgehead atoms. The van der Waals surface area contributed by atoms with E-state index in [1.54, 1.807) is 18.2 Å². The van der Waals surface area contributed by atoms with Gasteiger partial charge in [0, 0.05) is 17.3 Å². The first-order chi connectivity index (χ1) is 12.8. The average Bonchev–Trinajstić information content (AvgIpc) is 3.01. The summed E-state index contributed by atoms with van der Waals surface area (Å²) in [6.07, 6.45) is 1.15. The van der Waals surface area contributed by atoms with E-state index in [1.165, 1.54) is 16.4 Å². The van der Waals surface area contributed by atoms with Crippen LogP contribution in [-0.2, 0) is 16.4 Å². The molecule has 0 aromatic heterocycles. The summed E-state index contributed by atoms with van der Waals surface area (Å²) in [5, 5.41) is 5.22. The molecule has 27 heavy (non-hydrogen) atoms. The largest absolute Gasteiger partial charge is 0.323 e. The fourth-order valence-corrected chi connectivity index (χ4v) is 4.69. The molecule has 1 aliphatic rings. The second-order valence-electron chi connectivity index (χ2n) is 6.18. The van der Waals surface area contributed by atoms with Crippen molar-refractivity contribution in [2.24, 2.45) is 0 Å². The van der Waals surface area contributed by atoms with Gasteiger partial charge in [0.15, 0.2) is 0 Å². The Kier molecular flexibility index (Phi) is 5.57. The Morgan fingerprint density at radius 1 is 1.22 bits per heavy atom. The predicted octanol–water partition coefficient (Wildman–Crippen LogP) is 4.23. The van der Waals surface area contributed by atoms with Crippen molar-refractivity contribution in [1.82, 2.24) is 0 Å². The Hall–Kier alpha value is -2.32. The average molecular weight is 412 g/mol. The third-order valence-corrected chi connectivity index (χ3v) is 6.38. The topological polar surface area (TPSA) is 78.5 Å². The molecule has 2 aromatic rings. The minimum Gasteiger partial charge on any atom is -0.308 e. The minimum absolute atomic E-state index is 0.00906. The third-order valence-electron chi connectivity index (χ3n) is 4.17. The van der Waals surface area contributed by atoms with Crippen LogP contribution in [0.5, 0.6) is 0 Å². The van der Waals surface area contributed by atoms with Gasteiger partial charge < -0.3 is 10.6 Å². The summed E-state index contributed by atoms with van der Waals surface area (Å²) in [5.74, 6) is -0.580. The highest BCUT2D eigenvalue weighted by Gasteiger charge is 2.29. The van der Waals surface area contributed by atoms with E-state index >= 15 is 0 Å². The molecule has 0 saturated heterocycles. The van der Waals surface area contributed by atoms with Gasteiger partial charge >= 0.3 is 6.03 Å². The van der Waals surface area contributed by atoms with Crippen molar-refractivity contribution < 1.29 is 17.6 Å². The smallest absolute Gasteiger partial charge is 0.308 e. The van der Waals surface area contributed by atoms with Crippen LogP contribution in [0, 0.1) is 5.82 Å². The highest BCUT2D eigenvalue weighted by Crippen LogP contribution is 2.33. The molecule has 1 heterocycles. The monoisotopic (exact) mass is 411 g/mol. The first kappa shape index (κ1) is 19.4. The Morgan fingerprint density at radius 3 is 2.70 bits per heavy atom. The van der Waals surface area contributed by atoms with E-state index in [1.807, 2.05) is 6.92 Å². The van der Waals surface area contributed by atoms with Gasteiger partial charge in [-0.25, -0.2) is 17.6 Å². The van der Waals surface area contributed by atoms with Crippen molar-refractivity contribution in [1.29, 1.82) is 0 Å². The number of carbonyl (C=O) groups is 1. The van der Waals surface area contributed by atoms with Gasteiger partial charge in [-0.15, -0.1) is 0 Å². The number of sulfonamides is 1. The number of amides is 2. The number of nitrogens with one attached hydrogen (secondary N) is 2. The van der Waals surface area contributed by atoms with Gasteiger partial charge in [0.25, 0.3) is 0 Å². The number of benzene rings is 2. The summed E-state index contributed by atoms with van der Waals surface area (Å²) in [6, 6.07) is 8.38. The molecule has 144 valence electrons. The van der Waals surface area contributed by atoms with Crippen LogP contribution in [0.15, 0.2) is 36.4 Å². The lowest BCUT2D eigenvalue weighted by atomic mass is 10.1. The molecule has 2 N–H and O–H groups in total. The molecule has 2 aromatic carbocycles. The van der Waals surface area contributed by atoms with Crippen molar-refractivity contribution in [2.45, 2.75) is 19.8 Å². The molecule has 6 nitrogen and oxygen atoms in total. The van der Waals surface area contributed by atoms with Crippen LogP contribution in [0.3, 0.4) is 0 Å². The van der Waals surface area contributed by atoms with E-state index in [2.05, 4.69) is 10.6 Å².